The average Bonchev–Trinajstić information content (AvgIpc) is 2.53. The van der Waals surface area contributed by atoms with E-state index in [2.05, 4.69) is 0 Å². The van der Waals surface area contributed by atoms with Crippen LogP contribution in [0.15, 0.2) is 0 Å². The Morgan fingerprint density at radius 1 is 1.35 bits per heavy atom. The van der Waals surface area contributed by atoms with Gasteiger partial charge in [-0.15, -0.1) is 0 Å². The Labute approximate surface area is 98.9 Å². The first-order valence-electron chi connectivity index (χ1n) is 5.40. The first-order chi connectivity index (χ1) is 8.06. The van der Waals surface area contributed by atoms with E-state index in [1.54, 1.807) is 0 Å². The average molecular weight is 250 g/mol. The van der Waals surface area contributed by atoms with Gasteiger partial charge in [-0.1, -0.05) is 0 Å². The Hall–Kier alpha value is -0.730. The number of carbonyl (C=O) groups is 1. The molecule has 0 aliphatic carbocycles. The standard InChI is InChI=1S/C10H18O7/c1-15-5-6-8(13)9(14)10(17-6)16-4-2-3-7(11)12/h6,8-10,13-14H,2-5H2,1H3,(H,11,12). The Bertz CT molecular complexity index is 245. The molecule has 1 rings (SSSR count). The quantitative estimate of drug-likeness (QED) is 0.496. The van der Waals surface area contributed by atoms with Crippen LogP contribution in [0.1, 0.15) is 12.8 Å². The summed E-state index contributed by atoms with van der Waals surface area (Å²) < 4.78 is 15.2. The largest absolute Gasteiger partial charge is 0.481 e. The minimum absolute atomic E-state index is 0.00707. The normalized spacial score (nSPS) is 32.9. The van der Waals surface area contributed by atoms with Crippen molar-refractivity contribution < 1.29 is 34.3 Å². The Kier molecular flexibility index (Phi) is 5.79. The van der Waals surface area contributed by atoms with Gasteiger partial charge in [-0.05, 0) is 6.42 Å². The van der Waals surface area contributed by atoms with Crippen LogP contribution in [0.25, 0.3) is 0 Å². The number of carboxylic acid groups (broad SMARTS) is 1. The molecule has 3 N–H and O–H groups in total. The molecule has 0 radical (unpaired) electrons. The predicted molar refractivity (Wildman–Crippen MR) is 55.4 cm³/mol. The molecule has 0 aromatic rings. The summed E-state index contributed by atoms with van der Waals surface area (Å²) in [6.07, 6.45) is -3.43. The third-order valence-electron chi connectivity index (χ3n) is 2.47. The Morgan fingerprint density at radius 3 is 2.65 bits per heavy atom. The summed E-state index contributed by atoms with van der Waals surface area (Å²) in [7, 11) is 1.46. The van der Waals surface area contributed by atoms with Crippen LogP contribution < -0.4 is 0 Å². The highest BCUT2D eigenvalue weighted by atomic mass is 16.7. The first-order valence-corrected chi connectivity index (χ1v) is 5.40. The van der Waals surface area contributed by atoms with Gasteiger partial charge in [-0.3, -0.25) is 4.79 Å². The Morgan fingerprint density at radius 2 is 2.06 bits per heavy atom. The minimum atomic E-state index is -1.14. The topological polar surface area (TPSA) is 105 Å². The first kappa shape index (κ1) is 14.3. The molecule has 100 valence electrons. The monoisotopic (exact) mass is 250 g/mol. The molecule has 1 aliphatic rings. The van der Waals surface area contributed by atoms with Gasteiger partial charge < -0.3 is 29.5 Å². The predicted octanol–water partition coefficient (Wildman–Crippen LogP) is -1.04. The zero-order valence-electron chi connectivity index (χ0n) is 9.61. The summed E-state index contributed by atoms with van der Waals surface area (Å²) in [5.74, 6) is -0.904. The van der Waals surface area contributed by atoms with Gasteiger partial charge in [-0.25, -0.2) is 0 Å². The number of hydrogen-bond donors (Lipinski definition) is 3. The SMILES string of the molecule is COCC1OC(OCCCC(=O)O)C(O)C1O. The molecule has 1 fully saturated rings. The zero-order valence-corrected chi connectivity index (χ0v) is 9.61. The van der Waals surface area contributed by atoms with Crippen molar-refractivity contribution in [1.82, 2.24) is 0 Å². The second kappa shape index (κ2) is 6.87. The highest BCUT2D eigenvalue weighted by Crippen LogP contribution is 2.22. The number of carboxylic acids is 1. The van der Waals surface area contributed by atoms with Crippen LogP contribution in [0.5, 0.6) is 0 Å². The van der Waals surface area contributed by atoms with E-state index in [1.807, 2.05) is 0 Å². The van der Waals surface area contributed by atoms with E-state index in [-0.39, 0.29) is 19.6 Å². The van der Waals surface area contributed by atoms with E-state index in [1.165, 1.54) is 7.11 Å². The molecule has 1 aliphatic heterocycles. The van der Waals surface area contributed by atoms with Crippen LogP contribution >= 0.6 is 0 Å². The molecular formula is C10H18O7. The molecule has 7 heteroatoms. The highest BCUT2D eigenvalue weighted by Gasteiger charge is 2.43. The van der Waals surface area contributed by atoms with Crippen molar-refractivity contribution in [2.75, 3.05) is 20.3 Å². The van der Waals surface area contributed by atoms with Crippen molar-refractivity contribution in [3.63, 3.8) is 0 Å². The summed E-state index contributed by atoms with van der Waals surface area (Å²) >= 11 is 0. The van der Waals surface area contributed by atoms with Gasteiger partial charge in [0.05, 0.1) is 13.2 Å². The molecule has 0 bridgehead atoms. The molecular weight excluding hydrogens is 232 g/mol. The summed E-state index contributed by atoms with van der Waals surface area (Å²) in [6, 6.07) is 0. The fourth-order valence-electron chi connectivity index (χ4n) is 1.58. The number of methoxy groups -OCH3 is 1. The Balaban J connectivity index is 2.27. The molecule has 1 saturated heterocycles. The van der Waals surface area contributed by atoms with Crippen molar-refractivity contribution in [2.24, 2.45) is 0 Å². The van der Waals surface area contributed by atoms with Crippen LogP contribution in [-0.2, 0) is 19.0 Å². The van der Waals surface area contributed by atoms with Gasteiger partial charge in [0.15, 0.2) is 6.29 Å². The van der Waals surface area contributed by atoms with Gasteiger partial charge >= 0.3 is 5.97 Å². The van der Waals surface area contributed by atoms with E-state index in [0.717, 1.165) is 0 Å². The molecule has 0 saturated carbocycles. The number of rotatable bonds is 7. The van der Waals surface area contributed by atoms with Crippen LogP contribution in [0.2, 0.25) is 0 Å². The van der Waals surface area contributed by atoms with Gasteiger partial charge in [0, 0.05) is 13.5 Å². The lowest BCUT2D eigenvalue weighted by atomic mass is 10.1. The lowest BCUT2D eigenvalue weighted by Crippen LogP contribution is -2.35. The maximum Gasteiger partial charge on any atom is 0.303 e. The van der Waals surface area contributed by atoms with Crippen LogP contribution in [0.3, 0.4) is 0 Å². The summed E-state index contributed by atoms with van der Waals surface area (Å²) in [6.45, 7) is 0.313. The van der Waals surface area contributed by atoms with Crippen LogP contribution in [0.4, 0.5) is 0 Å². The van der Waals surface area contributed by atoms with Gasteiger partial charge in [0.25, 0.3) is 0 Å². The van der Waals surface area contributed by atoms with E-state index < -0.39 is 30.6 Å². The molecule has 7 nitrogen and oxygen atoms in total. The zero-order chi connectivity index (χ0) is 12.8. The summed E-state index contributed by atoms with van der Waals surface area (Å²) in [5.41, 5.74) is 0. The molecule has 0 aromatic heterocycles. The number of aliphatic carboxylic acids is 1. The molecule has 0 aromatic carbocycles. The van der Waals surface area contributed by atoms with Crippen LogP contribution in [-0.4, -0.2) is 66.2 Å². The van der Waals surface area contributed by atoms with E-state index in [9.17, 15) is 15.0 Å². The third-order valence-corrected chi connectivity index (χ3v) is 2.47. The fourth-order valence-corrected chi connectivity index (χ4v) is 1.58. The molecule has 17 heavy (non-hydrogen) atoms. The highest BCUT2D eigenvalue weighted by molar-refractivity contribution is 5.66. The van der Waals surface area contributed by atoms with Crippen molar-refractivity contribution >= 4 is 5.97 Å². The van der Waals surface area contributed by atoms with Crippen molar-refractivity contribution in [3.8, 4) is 0 Å². The summed E-state index contributed by atoms with van der Waals surface area (Å²) in [5, 5.41) is 27.6. The second-order valence-electron chi connectivity index (χ2n) is 3.85. The number of ether oxygens (including phenoxy) is 3. The lowest BCUT2D eigenvalue weighted by Gasteiger charge is -2.14. The van der Waals surface area contributed by atoms with E-state index in [0.29, 0.717) is 6.42 Å². The molecule has 1 heterocycles. The van der Waals surface area contributed by atoms with Crippen LogP contribution in [0, 0.1) is 0 Å². The van der Waals surface area contributed by atoms with Gasteiger partial charge in [0.1, 0.15) is 18.3 Å². The molecule has 4 unspecified atom stereocenters. The minimum Gasteiger partial charge on any atom is -0.481 e. The molecule has 4 atom stereocenters. The van der Waals surface area contributed by atoms with E-state index in [4.69, 9.17) is 19.3 Å². The van der Waals surface area contributed by atoms with Gasteiger partial charge in [-0.2, -0.15) is 0 Å². The maximum atomic E-state index is 10.3. The van der Waals surface area contributed by atoms with Crippen molar-refractivity contribution in [2.45, 2.75) is 37.4 Å². The maximum absolute atomic E-state index is 10.3. The lowest BCUT2D eigenvalue weighted by molar-refractivity contribution is -0.171. The summed E-state index contributed by atoms with van der Waals surface area (Å²) in [4.78, 5) is 10.3. The van der Waals surface area contributed by atoms with Crippen molar-refractivity contribution in [3.05, 3.63) is 0 Å². The number of hydrogen-bond acceptors (Lipinski definition) is 6. The smallest absolute Gasteiger partial charge is 0.303 e. The van der Waals surface area contributed by atoms with E-state index >= 15 is 0 Å². The third kappa shape index (κ3) is 4.21. The molecule has 0 spiro atoms. The number of aliphatic hydroxyl groups is 2. The number of aliphatic hydroxyl groups excluding tert-OH is 2. The second-order valence-corrected chi connectivity index (χ2v) is 3.85. The van der Waals surface area contributed by atoms with Crippen molar-refractivity contribution in [1.29, 1.82) is 0 Å². The fraction of sp³-hybridized carbons (Fsp3) is 0.900. The van der Waals surface area contributed by atoms with Gasteiger partial charge in [0.2, 0.25) is 0 Å². The molecule has 0 amide bonds.